The van der Waals surface area contributed by atoms with Gasteiger partial charge in [0.15, 0.2) is 21.3 Å². The largest absolute Gasteiger partial charge is 0.507 e. The highest BCUT2D eigenvalue weighted by Crippen LogP contribution is 2.45. The number of phenolic OH excluding ortho intramolecular Hbond substituents is 2. The van der Waals surface area contributed by atoms with Crippen molar-refractivity contribution in [1.29, 1.82) is 0 Å². The van der Waals surface area contributed by atoms with Crippen molar-refractivity contribution in [1.82, 2.24) is 0 Å². The zero-order chi connectivity index (χ0) is 27.4. The van der Waals surface area contributed by atoms with E-state index in [4.69, 9.17) is 9.47 Å². The van der Waals surface area contributed by atoms with Crippen LogP contribution in [0, 0.1) is 6.92 Å². The van der Waals surface area contributed by atoms with Gasteiger partial charge in [-0.2, -0.15) is 0 Å². The molecule has 6 nitrogen and oxygen atoms in total. The molecule has 0 spiro atoms. The van der Waals surface area contributed by atoms with E-state index in [9.17, 15) is 18.6 Å². The number of benzene rings is 4. The predicted octanol–water partition coefficient (Wildman–Crippen LogP) is 6.68. The molecule has 0 amide bonds. The molecule has 0 atom stereocenters. The Hall–Kier alpha value is -3.97. The summed E-state index contributed by atoms with van der Waals surface area (Å²) in [4.78, 5) is 0.225. The maximum atomic E-state index is 11.3. The number of allylic oxidation sites excluding steroid dienone is 1. The molecule has 0 bridgehead atoms. The first-order valence-corrected chi connectivity index (χ1v) is 14.3. The van der Waals surface area contributed by atoms with Crippen molar-refractivity contribution in [2.24, 2.45) is 0 Å². The number of phenols is 2. The van der Waals surface area contributed by atoms with Crippen LogP contribution in [0.5, 0.6) is 23.0 Å². The van der Waals surface area contributed by atoms with E-state index in [2.05, 4.69) is 12.2 Å². The van der Waals surface area contributed by atoms with E-state index in [0.29, 0.717) is 23.7 Å². The van der Waals surface area contributed by atoms with Crippen LogP contribution < -0.4 is 9.47 Å². The van der Waals surface area contributed by atoms with Gasteiger partial charge in [0.05, 0.1) is 18.6 Å². The lowest BCUT2D eigenvalue weighted by Gasteiger charge is -2.19. The number of sulfone groups is 1. The third-order valence-electron chi connectivity index (χ3n) is 6.53. The second kappa shape index (κ2) is 11.2. The number of fused-ring (bicyclic) bond motifs is 2. The Labute approximate surface area is 223 Å². The number of hydrogen-bond acceptors (Lipinski definition) is 6. The Kier molecular flexibility index (Phi) is 7.97. The van der Waals surface area contributed by atoms with Gasteiger partial charge in [-0.3, -0.25) is 0 Å². The molecule has 0 saturated carbocycles. The molecular formula is C31H32O6S. The Morgan fingerprint density at radius 2 is 1.68 bits per heavy atom. The van der Waals surface area contributed by atoms with Gasteiger partial charge in [0, 0.05) is 28.8 Å². The van der Waals surface area contributed by atoms with E-state index >= 15 is 0 Å². The maximum Gasteiger partial charge on any atom is 0.175 e. The van der Waals surface area contributed by atoms with Crippen LogP contribution in [0.25, 0.3) is 28.0 Å². The van der Waals surface area contributed by atoms with Crippen molar-refractivity contribution < 1.29 is 28.1 Å². The first-order valence-electron chi connectivity index (χ1n) is 12.4. The Morgan fingerprint density at radius 3 is 2.37 bits per heavy atom. The summed E-state index contributed by atoms with van der Waals surface area (Å²) < 4.78 is 32.9. The zero-order valence-corrected chi connectivity index (χ0v) is 22.8. The lowest BCUT2D eigenvalue weighted by atomic mass is 9.87. The molecule has 0 radical (unpaired) electrons. The topological polar surface area (TPSA) is 93.1 Å². The number of methoxy groups -OCH3 is 1. The number of aromatic hydroxyl groups is 2. The van der Waals surface area contributed by atoms with Crippen LogP contribution in [0.4, 0.5) is 0 Å². The molecule has 0 aromatic heterocycles. The van der Waals surface area contributed by atoms with Gasteiger partial charge < -0.3 is 19.7 Å². The normalized spacial score (nSPS) is 12.4. The Balaban J connectivity index is 0.000000196. The SMILES string of the molecule is CCOc1ccc(S(C)(=O)=O)cc1OC.Cc1cc(-c2c(O)ccc3c2C=CCC3)c(O)c2ccccc12. The summed E-state index contributed by atoms with van der Waals surface area (Å²) in [6.45, 7) is 4.39. The molecule has 4 aromatic carbocycles. The fraction of sp³-hybridized carbons (Fsp3) is 0.226. The molecule has 0 unspecified atom stereocenters. The smallest absolute Gasteiger partial charge is 0.175 e. The number of aryl methyl sites for hydroxylation is 2. The summed E-state index contributed by atoms with van der Waals surface area (Å²) in [6.07, 6.45) is 7.31. The van der Waals surface area contributed by atoms with Crippen LogP contribution in [0.2, 0.25) is 0 Å². The fourth-order valence-electron chi connectivity index (χ4n) is 4.67. The van der Waals surface area contributed by atoms with Gasteiger partial charge in [0.1, 0.15) is 11.5 Å². The molecule has 1 aliphatic rings. The van der Waals surface area contributed by atoms with E-state index in [1.165, 1.54) is 24.8 Å². The summed E-state index contributed by atoms with van der Waals surface area (Å²) in [5.41, 5.74) is 4.74. The van der Waals surface area contributed by atoms with Crippen molar-refractivity contribution in [2.75, 3.05) is 20.0 Å². The van der Waals surface area contributed by atoms with Crippen molar-refractivity contribution in [3.63, 3.8) is 0 Å². The average molecular weight is 533 g/mol. The fourth-order valence-corrected chi connectivity index (χ4v) is 5.30. The average Bonchev–Trinajstić information content (AvgIpc) is 2.91. The lowest BCUT2D eigenvalue weighted by molar-refractivity contribution is 0.310. The van der Waals surface area contributed by atoms with Gasteiger partial charge in [-0.05, 0) is 73.0 Å². The van der Waals surface area contributed by atoms with Gasteiger partial charge in [0.2, 0.25) is 0 Å². The minimum absolute atomic E-state index is 0.209. The van der Waals surface area contributed by atoms with Crippen molar-refractivity contribution in [3.8, 4) is 34.1 Å². The first kappa shape index (κ1) is 27.1. The number of hydrogen-bond donors (Lipinski definition) is 2. The van der Waals surface area contributed by atoms with Crippen LogP contribution in [-0.2, 0) is 16.3 Å². The molecule has 1 aliphatic carbocycles. The predicted molar refractivity (Wildman–Crippen MR) is 152 cm³/mol. The summed E-state index contributed by atoms with van der Waals surface area (Å²) in [5, 5.41) is 23.1. The zero-order valence-electron chi connectivity index (χ0n) is 22.0. The Morgan fingerprint density at radius 1 is 0.947 bits per heavy atom. The molecule has 5 rings (SSSR count). The molecule has 38 heavy (non-hydrogen) atoms. The summed E-state index contributed by atoms with van der Waals surface area (Å²) >= 11 is 0. The van der Waals surface area contributed by atoms with Crippen molar-refractivity contribution >= 4 is 26.7 Å². The molecule has 0 saturated heterocycles. The summed E-state index contributed by atoms with van der Waals surface area (Å²) in [7, 11) is -1.73. The monoisotopic (exact) mass is 532 g/mol. The Bertz CT molecular complexity index is 1620. The van der Waals surface area contributed by atoms with Gasteiger partial charge >= 0.3 is 0 Å². The molecule has 2 N–H and O–H groups in total. The van der Waals surface area contributed by atoms with Crippen LogP contribution in [0.15, 0.2) is 71.6 Å². The third kappa shape index (κ3) is 5.48. The number of ether oxygens (including phenoxy) is 2. The summed E-state index contributed by atoms with van der Waals surface area (Å²) in [5.74, 6) is 1.42. The molecule has 198 valence electrons. The minimum atomic E-state index is -3.20. The quantitative estimate of drug-likeness (QED) is 0.298. The molecule has 0 heterocycles. The van der Waals surface area contributed by atoms with Crippen LogP contribution in [0.1, 0.15) is 30.0 Å². The molecular weight excluding hydrogens is 500 g/mol. The standard InChI is InChI=1S/C21H18O2.C10H14O4S/c1-13-12-18(21(23)17-9-5-4-7-15(13)17)20-16-8-3-2-6-14(16)10-11-19(20)22;1-4-14-9-6-5-8(15(3,11)12)7-10(9)13-2/h3-5,7-12,22-23H,2,6H2,1H3;5-7H,4H2,1-3H3. The highest BCUT2D eigenvalue weighted by Gasteiger charge is 2.19. The molecule has 4 aromatic rings. The van der Waals surface area contributed by atoms with Gasteiger partial charge in [-0.25, -0.2) is 8.42 Å². The van der Waals surface area contributed by atoms with Gasteiger partial charge in [-0.1, -0.05) is 42.5 Å². The molecule has 0 aliphatic heterocycles. The van der Waals surface area contributed by atoms with E-state index in [1.807, 2.05) is 50.2 Å². The second-order valence-electron chi connectivity index (χ2n) is 9.13. The lowest BCUT2D eigenvalue weighted by Crippen LogP contribution is -2.00. The van der Waals surface area contributed by atoms with E-state index in [-0.39, 0.29) is 16.4 Å². The number of rotatable bonds is 5. The van der Waals surface area contributed by atoms with Gasteiger partial charge in [-0.15, -0.1) is 0 Å². The second-order valence-corrected chi connectivity index (χ2v) is 11.1. The molecule has 0 fully saturated rings. The van der Waals surface area contributed by atoms with Crippen molar-refractivity contribution in [2.45, 2.75) is 31.6 Å². The third-order valence-corrected chi connectivity index (χ3v) is 7.64. The molecule has 7 heteroatoms. The van der Waals surface area contributed by atoms with Crippen molar-refractivity contribution in [3.05, 3.63) is 83.4 Å². The maximum absolute atomic E-state index is 11.3. The van der Waals surface area contributed by atoms with Crippen LogP contribution in [0.3, 0.4) is 0 Å². The van der Waals surface area contributed by atoms with Gasteiger partial charge in [0.25, 0.3) is 0 Å². The van der Waals surface area contributed by atoms with E-state index in [1.54, 1.807) is 12.1 Å². The van der Waals surface area contributed by atoms with Crippen LogP contribution in [-0.4, -0.2) is 38.6 Å². The van der Waals surface area contributed by atoms with Crippen LogP contribution >= 0.6 is 0 Å². The minimum Gasteiger partial charge on any atom is -0.507 e. The highest BCUT2D eigenvalue weighted by atomic mass is 32.2. The first-order chi connectivity index (χ1) is 18.2. The van der Waals surface area contributed by atoms with E-state index < -0.39 is 9.84 Å². The van der Waals surface area contributed by atoms with E-state index in [0.717, 1.165) is 46.6 Å². The highest BCUT2D eigenvalue weighted by molar-refractivity contribution is 7.90. The summed E-state index contributed by atoms with van der Waals surface area (Å²) in [6, 6.07) is 18.1.